The van der Waals surface area contributed by atoms with Crippen molar-refractivity contribution < 1.29 is 9.53 Å². The zero-order valence-electron chi connectivity index (χ0n) is 17.6. The molecule has 0 radical (unpaired) electrons. The topological polar surface area (TPSA) is 76.4 Å². The molecular formula is C23H23ClN6O2. The molecule has 2 saturated heterocycles. The molecule has 3 aromatic rings. The largest absolute Gasteiger partial charge is 0.349 e. The molecule has 2 fully saturated rings. The van der Waals surface area contributed by atoms with Gasteiger partial charge in [0.25, 0.3) is 5.91 Å². The first-order valence-corrected chi connectivity index (χ1v) is 11.4. The Kier molecular flexibility index (Phi) is 4.74. The number of nitrogens with zero attached hydrogens (tertiary/aromatic N) is 6. The van der Waals surface area contributed by atoms with Crippen molar-refractivity contribution in [3.63, 3.8) is 0 Å². The fourth-order valence-electron chi connectivity index (χ4n) is 5.03. The fourth-order valence-corrected chi connectivity index (χ4v) is 5.20. The molecule has 1 unspecified atom stereocenters. The van der Waals surface area contributed by atoms with Gasteiger partial charge in [0.15, 0.2) is 5.72 Å². The van der Waals surface area contributed by atoms with E-state index in [4.69, 9.17) is 21.3 Å². The first-order chi connectivity index (χ1) is 15.7. The molecule has 1 amide bonds. The second kappa shape index (κ2) is 7.65. The number of hydrogen-bond acceptors (Lipinski definition) is 6. The highest BCUT2D eigenvalue weighted by Gasteiger charge is 2.51. The van der Waals surface area contributed by atoms with Crippen molar-refractivity contribution in [3.8, 4) is 5.69 Å². The van der Waals surface area contributed by atoms with Crippen LogP contribution in [0.5, 0.6) is 0 Å². The van der Waals surface area contributed by atoms with Crippen LogP contribution in [0, 0.1) is 0 Å². The van der Waals surface area contributed by atoms with Gasteiger partial charge in [-0.15, -0.1) is 5.10 Å². The average molecular weight is 451 g/mol. The molecule has 5 heterocycles. The molecule has 1 atom stereocenters. The van der Waals surface area contributed by atoms with Gasteiger partial charge in [-0.1, -0.05) is 17.7 Å². The minimum Gasteiger partial charge on any atom is -0.349 e. The van der Waals surface area contributed by atoms with Gasteiger partial charge in [0.1, 0.15) is 5.82 Å². The highest BCUT2D eigenvalue weighted by Crippen LogP contribution is 2.45. The first-order valence-electron chi connectivity index (χ1n) is 11.0. The van der Waals surface area contributed by atoms with Crippen LogP contribution in [0.3, 0.4) is 0 Å². The predicted octanol–water partition coefficient (Wildman–Crippen LogP) is 2.99. The minimum absolute atomic E-state index is 0.102. The average Bonchev–Trinajstić information content (AvgIpc) is 3.43. The van der Waals surface area contributed by atoms with Gasteiger partial charge in [-0.25, -0.2) is 9.67 Å². The summed E-state index contributed by atoms with van der Waals surface area (Å²) in [5, 5.41) is 5.28. The van der Waals surface area contributed by atoms with Gasteiger partial charge in [-0.3, -0.25) is 14.7 Å². The van der Waals surface area contributed by atoms with E-state index in [1.54, 1.807) is 10.9 Å². The maximum atomic E-state index is 13.1. The molecule has 0 saturated carbocycles. The summed E-state index contributed by atoms with van der Waals surface area (Å²) in [6.07, 6.45) is 4.98. The molecule has 9 heteroatoms. The third-order valence-corrected chi connectivity index (χ3v) is 6.76. The Balaban J connectivity index is 1.51. The zero-order valence-corrected chi connectivity index (χ0v) is 18.3. The second-order valence-electron chi connectivity index (χ2n) is 8.41. The molecule has 32 heavy (non-hydrogen) atoms. The Morgan fingerprint density at radius 3 is 2.78 bits per heavy atom. The number of amides is 1. The Hall–Kier alpha value is -2.81. The van der Waals surface area contributed by atoms with Crippen molar-refractivity contribution >= 4 is 17.5 Å². The number of pyridine rings is 1. The Labute approximate surface area is 190 Å². The van der Waals surface area contributed by atoms with Crippen molar-refractivity contribution in [2.24, 2.45) is 0 Å². The first kappa shape index (κ1) is 19.8. The van der Waals surface area contributed by atoms with Crippen molar-refractivity contribution in [2.75, 3.05) is 26.2 Å². The summed E-state index contributed by atoms with van der Waals surface area (Å²) >= 11 is 6.45. The van der Waals surface area contributed by atoms with E-state index in [2.05, 4.69) is 15.0 Å². The number of carbonyl (C=O) groups is 1. The van der Waals surface area contributed by atoms with Gasteiger partial charge in [0, 0.05) is 36.4 Å². The van der Waals surface area contributed by atoms with E-state index < -0.39 is 5.72 Å². The standard InChI is InChI=1S/C23H23ClN6O2/c24-16-7-8-18-17(14-16)23(19-6-2-3-9-25-19)29(12-13-32-23)15-20-26-21(27-30(18)20)22(31)28-10-4-1-5-11-28/h2-3,6-9,14H,1,4-5,10-13,15H2. The number of halogens is 1. The molecule has 6 rings (SSSR count). The number of benzene rings is 1. The van der Waals surface area contributed by atoms with Crippen LogP contribution in [0.2, 0.25) is 5.02 Å². The van der Waals surface area contributed by atoms with Gasteiger partial charge < -0.3 is 9.64 Å². The number of piperidine rings is 1. The lowest BCUT2D eigenvalue weighted by atomic mass is 9.95. The molecule has 2 aromatic heterocycles. The van der Waals surface area contributed by atoms with Crippen LogP contribution < -0.4 is 0 Å². The van der Waals surface area contributed by atoms with E-state index in [-0.39, 0.29) is 11.7 Å². The van der Waals surface area contributed by atoms with Crippen LogP contribution in [-0.2, 0) is 17.0 Å². The molecule has 0 N–H and O–H groups in total. The van der Waals surface area contributed by atoms with E-state index in [1.807, 2.05) is 41.3 Å². The SMILES string of the molecule is O=C(c1nc2n(n1)-c1ccc(Cl)cc1C1(c3ccccn3)OCCN1C2)N1CCCCC1. The molecular weight excluding hydrogens is 428 g/mol. The highest BCUT2D eigenvalue weighted by atomic mass is 35.5. The molecule has 0 bridgehead atoms. The number of carbonyl (C=O) groups excluding carboxylic acids is 1. The van der Waals surface area contributed by atoms with Gasteiger partial charge in [-0.05, 0) is 49.6 Å². The van der Waals surface area contributed by atoms with E-state index in [9.17, 15) is 4.79 Å². The third-order valence-electron chi connectivity index (χ3n) is 6.52. The molecule has 8 nitrogen and oxygen atoms in total. The molecule has 164 valence electrons. The molecule has 0 aliphatic carbocycles. The van der Waals surface area contributed by atoms with E-state index in [0.29, 0.717) is 30.5 Å². The fraction of sp³-hybridized carbons (Fsp3) is 0.391. The predicted molar refractivity (Wildman–Crippen MR) is 118 cm³/mol. The third kappa shape index (κ3) is 2.97. The van der Waals surface area contributed by atoms with Crippen LogP contribution in [0.15, 0.2) is 42.6 Å². The van der Waals surface area contributed by atoms with Crippen LogP contribution in [0.25, 0.3) is 5.69 Å². The Morgan fingerprint density at radius 1 is 1.09 bits per heavy atom. The number of ether oxygens (including phenoxy) is 1. The minimum atomic E-state index is -0.888. The summed E-state index contributed by atoms with van der Waals surface area (Å²) in [5.74, 6) is 0.847. The van der Waals surface area contributed by atoms with Gasteiger partial charge >= 0.3 is 0 Å². The van der Waals surface area contributed by atoms with Crippen LogP contribution >= 0.6 is 11.6 Å². The summed E-state index contributed by atoms with van der Waals surface area (Å²) in [4.78, 5) is 26.5. The number of likely N-dealkylation sites (tertiary alicyclic amines) is 1. The van der Waals surface area contributed by atoms with Gasteiger partial charge in [0.05, 0.1) is 24.5 Å². The van der Waals surface area contributed by atoms with Crippen molar-refractivity contribution in [3.05, 3.63) is 70.5 Å². The lowest BCUT2D eigenvalue weighted by molar-refractivity contribution is -0.0585. The summed E-state index contributed by atoms with van der Waals surface area (Å²) in [7, 11) is 0. The maximum Gasteiger partial charge on any atom is 0.293 e. The highest BCUT2D eigenvalue weighted by molar-refractivity contribution is 6.30. The molecule has 0 spiro atoms. The zero-order chi connectivity index (χ0) is 21.7. The van der Waals surface area contributed by atoms with E-state index in [1.165, 1.54) is 0 Å². The summed E-state index contributed by atoms with van der Waals surface area (Å²) < 4.78 is 8.20. The monoisotopic (exact) mass is 450 g/mol. The summed E-state index contributed by atoms with van der Waals surface area (Å²) in [6, 6.07) is 11.5. The Morgan fingerprint density at radius 2 is 1.97 bits per heavy atom. The van der Waals surface area contributed by atoms with Crippen molar-refractivity contribution in [1.29, 1.82) is 0 Å². The van der Waals surface area contributed by atoms with Crippen LogP contribution in [0.1, 0.15) is 47.0 Å². The number of fused-ring (bicyclic) bond motifs is 5. The lowest BCUT2D eigenvalue weighted by Crippen LogP contribution is -2.43. The summed E-state index contributed by atoms with van der Waals surface area (Å²) in [6.45, 7) is 3.25. The van der Waals surface area contributed by atoms with E-state index in [0.717, 1.165) is 49.3 Å². The van der Waals surface area contributed by atoms with Crippen LogP contribution in [-0.4, -0.2) is 61.7 Å². The lowest BCUT2D eigenvalue weighted by Gasteiger charge is -2.35. The number of hydrogen-bond donors (Lipinski definition) is 0. The quantitative estimate of drug-likeness (QED) is 0.597. The van der Waals surface area contributed by atoms with Crippen LogP contribution in [0.4, 0.5) is 0 Å². The smallest absolute Gasteiger partial charge is 0.293 e. The molecule has 3 aliphatic heterocycles. The van der Waals surface area contributed by atoms with E-state index >= 15 is 0 Å². The van der Waals surface area contributed by atoms with Crippen molar-refractivity contribution in [1.82, 2.24) is 29.5 Å². The second-order valence-corrected chi connectivity index (χ2v) is 8.84. The molecule has 3 aliphatic rings. The summed E-state index contributed by atoms with van der Waals surface area (Å²) in [5.41, 5.74) is 1.55. The number of aromatic nitrogens is 4. The van der Waals surface area contributed by atoms with Gasteiger partial charge in [-0.2, -0.15) is 0 Å². The Bertz CT molecular complexity index is 1180. The number of rotatable bonds is 2. The normalized spacial score (nSPS) is 22.7. The molecule has 1 aromatic carbocycles. The maximum absolute atomic E-state index is 13.1. The van der Waals surface area contributed by atoms with Gasteiger partial charge in [0.2, 0.25) is 5.82 Å². The van der Waals surface area contributed by atoms with Crippen molar-refractivity contribution in [2.45, 2.75) is 31.5 Å².